The topological polar surface area (TPSA) is 53.8 Å². The van der Waals surface area contributed by atoms with Gasteiger partial charge in [-0.05, 0) is 12.1 Å². The van der Waals surface area contributed by atoms with Crippen molar-refractivity contribution >= 4 is 5.78 Å². The number of benzene rings is 2. The Morgan fingerprint density at radius 1 is 0.773 bits per heavy atom. The average Bonchev–Trinajstić information content (AvgIpc) is 2.64. The zero-order chi connectivity index (χ0) is 15.6. The maximum absolute atomic E-state index is 11.8. The maximum Gasteiger partial charge on any atom is 0.193 e. The van der Waals surface area contributed by atoms with Crippen molar-refractivity contribution in [3.63, 3.8) is 0 Å². The zero-order valence-corrected chi connectivity index (χ0v) is 11.9. The number of nitriles is 1. The molecule has 22 heavy (non-hydrogen) atoms. The molecule has 0 radical (unpaired) electrons. The SMILES string of the molecule is N#Cc1ccccn1.O=C(c1ccccc1)c1ccccc1. The third-order valence-electron chi connectivity index (χ3n) is 2.85. The van der Waals surface area contributed by atoms with Crippen molar-refractivity contribution in [2.45, 2.75) is 0 Å². The molecule has 1 aromatic heterocycles. The van der Waals surface area contributed by atoms with Crippen molar-refractivity contribution in [3.8, 4) is 6.07 Å². The first kappa shape index (κ1) is 15.1. The molecule has 0 bridgehead atoms. The van der Waals surface area contributed by atoms with Crippen LogP contribution in [0.25, 0.3) is 0 Å². The number of hydrogen-bond donors (Lipinski definition) is 0. The fourth-order valence-corrected chi connectivity index (χ4v) is 1.77. The molecule has 0 spiro atoms. The minimum Gasteiger partial charge on any atom is -0.289 e. The minimum atomic E-state index is 0.0752. The summed E-state index contributed by atoms with van der Waals surface area (Å²) in [5.41, 5.74) is 1.94. The van der Waals surface area contributed by atoms with Gasteiger partial charge in [0.1, 0.15) is 11.8 Å². The molecule has 2 aromatic carbocycles. The Bertz CT molecular complexity index is 706. The van der Waals surface area contributed by atoms with Gasteiger partial charge >= 0.3 is 0 Å². The Morgan fingerprint density at radius 2 is 1.27 bits per heavy atom. The normalized spacial score (nSPS) is 9.05. The molecule has 0 saturated carbocycles. The van der Waals surface area contributed by atoms with E-state index in [4.69, 9.17) is 5.26 Å². The molecule has 0 unspecified atom stereocenters. The standard InChI is InChI=1S/C13H10O.C6H4N2/c14-13(11-7-3-1-4-8-11)12-9-5-2-6-10-12;7-5-6-3-1-2-4-8-6/h1-10H;1-4H. The highest BCUT2D eigenvalue weighted by molar-refractivity contribution is 6.08. The molecule has 0 aliphatic heterocycles. The first-order valence-corrected chi connectivity index (χ1v) is 6.77. The van der Waals surface area contributed by atoms with E-state index >= 15 is 0 Å². The quantitative estimate of drug-likeness (QED) is 0.672. The molecule has 0 aliphatic carbocycles. The number of carbonyl (C=O) groups is 1. The summed E-state index contributed by atoms with van der Waals surface area (Å²) in [6.45, 7) is 0. The minimum absolute atomic E-state index is 0.0752. The van der Waals surface area contributed by atoms with Crippen LogP contribution in [0.2, 0.25) is 0 Å². The molecular weight excluding hydrogens is 272 g/mol. The number of carbonyl (C=O) groups excluding carboxylic acids is 1. The molecule has 3 rings (SSSR count). The second kappa shape index (κ2) is 8.13. The second-order valence-corrected chi connectivity index (χ2v) is 4.39. The Balaban J connectivity index is 0.000000188. The lowest BCUT2D eigenvalue weighted by atomic mass is 10.0. The van der Waals surface area contributed by atoms with Crippen LogP contribution < -0.4 is 0 Å². The Kier molecular flexibility index (Phi) is 5.60. The van der Waals surface area contributed by atoms with E-state index in [1.807, 2.05) is 66.7 Å². The lowest BCUT2D eigenvalue weighted by molar-refractivity contribution is 0.103. The van der Waals surface area contributed by atoms with Gasteiger partial charge in [0.05, 0.1) is 0 Å². The largest absolute Gasteiger partial charge is 0.289 e. The molecule has 0 aliphatic rings. The van der Waals surface area contributed by atoms with Crippen LogP contribution in [0.15, 0.2) is 85.1 Å². The first-order valence-electron chi connectivity index (χ1n) is 6.77. The van der Waals surface area contributed by atoms with Crippen molar-refractivity contribution in [1.82, 2.24) is 4.98 Å². The number of rotatable bonds is 2. The van der Waals surface area contributed by atoms with Crippen LogP contribution in [0.3, 0.4) is 0 Å². The van der Waals surface area contributed by atoms with Crippen molar-refractivity contribution in [3.05, 3.63) is 102 Å². The van der Waals surface area contributed by atoms with E-state index in [1.54, 1.807) is 24.4 Å². The highest BCUT2D eigenvalue weighted by atomic mass is 16.1. The summed E-state index contributed by atoms with van der Waals surface area (Å²) in [4.78, 5) is 15.6. The summed E-state index contributed by atoms with van der Waals surface area (Å²) in [5, 5.41) is 8.23. The van der Waals surface area contributed by atoms with Crippen LogP contribution >= 0.6 is 0 Å². The van der Waals surface area contributed by atoms with Gasteiger partial charge in [0.2, 0.25) is 0 Å². The number of aromatic nitrogens is 1. The van der Waals surface area contributed by atoms with E-state index in [0.717, 1.165) is 11.1 Å². The van der Waals surface area contributed by atoms with Crippen molar-refractivity contribution in [2.75, 3.05) is 0 Å². The molecule has 3 nitrogen and oxygen atoms in total. The number of pyridine rings is 1. The van der Waals surface area contributed by atoms with Gasteiger partial charge in [0.15, 0.2) is 5.78 Å². The molecule has 0 amide bonds. The first-order chi connectivity index (χ1) is 10.8. The van der Waals surface area contributed by atoms with E-state index < -0.39 is 0 Å². The van der Waals surface area contributed by atoms with Crippen LogP contribution in [0.4, 0.5) is 0 Å². The Hall–Kier alpha value is -3.25. The highest BCUT2D eigenvalue weighted by Gasteiger charge is 2.06. The number of nitrogens with zero attached hydrogens (tertiary/aromatic N) is 2. The van der Waals surface area contributed by atoms with E-state index in [-0.39, 0.29) is 5.78 Å². The smallest absolute Gasteiger partial charge is 0.193 e. The van der Waals surface area contributed by atoms with Crippen LogP contribution in [-0.4, -0.2) is 10.8 Å². The van der Waals surface area contributed by atoms with Gasteiger partial charge in [0.25, 0.3) is 0 Å². The summed E-state index contributed by atoms with van der Waals surface area (Å²) in [7, 11) is 0. The fourth-order valence-electron chi connectivity index (χ4n) is 1.77. The molecular formula is C19H14N2O. The van der Waals surface area contributed by atoms with Gasteiger partial charge in [-0.25, -0.2) is 4.98 Å². The predicted molar refractivity (Wildman–Crippen MR) is 85.3 cm³/mol. The van der Waals surface area contributed by atoms with Crippen LogP contribution in [0, 0.1) is 11.3 Å². The van der Waals surface area contributed by atoms with Crippen LogP contribution in [-0.2, 0) is 0 Å². The van der Waals surface area contributed by atoms with Crippen LogP contribution in [0.1, 0.15) is 21.6 Å². The molecule has 0 fully saturated rings. The Labute approximate surface area is 129 Å². The third-order valence-corrected chi connectivity index (χ3v) is 2.85. The van der Waals surface area contributed by atoms with Gasteiger partial charge in [-0.1, -0.05) is 66.7 Å². The summed E-state index contributed by atoms with van der Waals surface area (Å²) in [5.74, 6) is 0.0752. The monoisotopic (exact) mass is 286 g/mol. The lowest BCUT2D eigenvalue weighted by Gasteiger charge is -1.99. The lowest BCUT2D eigenvalue weighted by Crippen LogP contribution is -1.99. The highest BCUT2D eigenvalue weighted by Crippen LogP contribution is 2.08. The molecule has 3 heteroatoms. The van der Waals surface area contributed by atoms with E-state index in [2.05, 4.69) is 4.98 Å². The molecule has 1 heterocycles. The Morgan fingerprint density at radius 3 is 1.64 bits per heavy atom. The summed E-state index contributed by atoms with van der Waals surface area (Å²) >= 11 is 0. The summed E-state index contributed by atoms with van der Waals surface area (Å²) < 4.78 is 0. The molecule has 0 N–H and O–H groups in total. The molecule has 106 valence electrons. The fraction of sp³-hybridized carbons (Fsp3) is 0. The van der Waals surface area contributed by atoms with Crippen molar-refractivity contribution < 1.29 is 4.79 Å². The second-order valence-electron chi connectivity index (χ2n) is 4.39. The molecule has 3 aromatic rings. The van der Waals surface area contributed by atoms with E-state index in [9.17, 15) is 4.79 Å². The average molecular weight is 286 g/mol. The van der Waals surface area contributed by atoms with E-state index in [1.165, 1.54) is 0 Å². The van der Waals surface area contributed by atoms with Crippen LogP contribution in [0.5, 0.6) is 0 Å². The van der Waals surface area contributed by atoms with Crippen molar-refractivity contribution in [2.24, 2.45) is 0 Å². The summed E-state index contributed by atoms with van der Waals surface area (Å²) in [6.07, 6.45) is 1.60. The third kappa shape index (κ3) is 4.39. The van der Waals surface area contributed by atoms with Gasteiger partial charge in [-0.2, -0.15) is 5.26 Å². The molecule has 0 atom stereocenters. The van der Waals surface area contributed by atoms with Gasteiger partial charge in [-0.3, -0.25) is 4.79 Å². The van der Waals surface area contributed by atoms with Gasteiger partial charge in [0, 0.05) is 17.3 Å². The number of ketones is 1. The maximum atomic E-state index is 11.8. The van der Waals surface area contributed by atoms with Gasteiger partial charge < -0.3 is 0 Å². The van der Waals surface area contributed by atoms with Crippen molar-refractivity contribution in [1.29, 1.82) is 5.26 Å². The zero-order valence-electron chi connectivity index (χ0n) is 11.9. The summed E-state index contributed by atoms with van der Waals surface area (Å²) in [6, 6.07) is 25.8. The van der Waals surface area contributed by atoms with E-state index in [0.29, 0.717) is 5.69 Å². The number of hydrogen-bond acceptors (Lipinski definition) is 3. The predicted octanol–water partition coefficient (Wildman–Crippen LogP) is 3.87. The van der Waals surface area contributed by atoms with Gasteiger partial charge in [-0.15, -0.1) is 0 Å². The molecule has 0 saturated heterocycles.